The molecule has 0 saturated carbocycles. The van der Waals surface area contributed by atoms with Gasteiger partial charge in [-0.15, -0.1) is 0 Å². The fraction of sp³-hybridized carbons (Fsp3) is 0.600. The average molecular weight is 266 g/mol. The number of nitrogens with two attached hydrogens (primary N) is 1. The molecule has 4 nitrogen and oxygen atoms in total. The van der Waals surface area contributed by atoms with Crippen LogP contribution in [0.1, 0.15) is 31.4 Å². The Kier molecular flexibility index (Phi) is 6.67. The fourth-order valence-electron chi connectivity index (χ4n) is 2.21. The number of hydrogen-bond donors (Lipinski definition) is 1. The lowest BCUT2D eigenvalue weighted by Crippen LogP contribution is -2.31. The van der Waals surface area contributed by atoms with Crippen LogP contribution in [0.3, 0.4) is 0 Å². The van der Waals surface area contributed by atoms with E-state index in [2.05, 4.69) is 18.9 Å². The molecule has 1 aromatic carbocycles. The van der Waals surface area contributed by atoms with E-state index in [1.165, 1.54) is 12.8 Å². The molecule has 0 bridgehead atoms. The van der Waals surface area contributed by atoms with Crippen molar-refractivity contribution in [2.75, 3.05) is 34.4 Å². The first-order chi connectivity index (χ1) is 9.17. The van der Waals surface area contributed by atoms with Crippen LogP contribution in [0.4, 0.5) is 0 Å². The van der Waals surface area contributed by atoms with Crippen molar-refractivity contribution in [1.29, 1.82) is 0 Å². The number of unbranched alkanes of at least 4 members (excludes halogenated alkanes) is 1. The minimum absolute atomic E-state index is 0.150. The Balaban J connectivity index is 3.01. The van der Waals surface area contributed by atoms with Gasteiger partial charge in [-0.2, -0.15) is 0 Å². The summed E-state index contributed by atoms with van der Waals surface area (Å²) in [6.07, 6.45) is 2.34. The summed E-state index contributed by atoms with van der Waals surface area (Å²) in [6, 6.07) is 6.00. The van der Waals surface area contributed by atoms with Gasteiger partial charge in [0.05, 0.1) is 20.3 Å². The van der Waals surface area contributed by atoms with Crippen molar-refractivity contribution in [3.8, 4) is 11.5 Å². The normalized spacial score (nSPS) is 12.5. The van der Waals surface area contributed by atoms with Crippen molar-refractivity contribution in [1.82, 2.24) is 4.90 Å². The molecule has 0 heterocycles. The monoisotopic (exact) mass is 266 g/mol. The fourth-order valence-corrected chi connectivity index (χ4v) is 2.21. The predicted octanol–water partition coefficient (Wildman–Crippen LogP) is 2.44. The van der Waals surface area contributed by atoms with E-state index < -0.39 is 0 Å². The highest BCUT2D eigenvalue weighted by Gasteiger charge is 2.19. The van der Waals surface area contributed by atoms with Gasteiger partial charge >= 0.3 is 0 Å². The Hall–Kier alpha value is -1.26. The maximum absolute atomic E-state index is 5.95. The number of hydrogen-bond acceptors (Lipinski definition) is 4. The highest BCUT2D eigenvalue weighted by molar-refractivity contribution is 5.42. The van der Waals surface area contributed by atoms with Crippen LogP contribution < -0.4 is 15.2 Å². The topological polar surface area (TPSA) is 47.7 Å². The maximum atomic E-state index is 5.95. The van der Waals surface area contributed by atoms with Gasteiger partial charge in [0.1, 0.15) is 11.5 Å². The summed E-state index contributed by atoms with van der Waals surface area (Å²) in [5.41, 5.74) is 7.04. The molecule has 1 unspecified atom stereocenters. The molecule has 0 aliphatic rings. The van der Waals surface area contributed by atoms with Crippen LogP contribution >= 0.6 is 0 Å². The number of ether oxygens (including phenoxy) is 2. The lowest BCUT2D eigenvalue weighted by molar-refractivity contribution is 0.240. The lowest BCUT2D eigenvalue weighted by atomic mass is 10.0. The molecule has 108 valence electrons. The van der Waals surface area contributed by atoms with Crippen molar-refractivity contribution in [3.63, 3.8) is 0 Å². The molecule has 0 amide bonds. The predicted molar refractivity (Wildman–Crippen MR) is 78.9 cm³/mol. The van der Waals surface area contributed by atoms with Gasteiger partial charge in [-0.05, 0) is 38.2 Å². The zero-order chi connectivity index (χ0) is 14.3. The summed E-state index contributed by atoms with van der Waals surface area (Å²) in [4.78, 5) is 2.28. The van der Waals surface area contributed by atoms with E-state index in [9.17, 15) is 0 Å². The molecule has 1 rings (SSSR count). The van der Waals surface area contributed by atoms with E-state index in [0.717, 1.165) is 23.6 Å². The second-order valence-electron chi connectivity index (χ2n) is 4.69. The van der Waals surface area contributed by atoms with E-state index >= 15 is 0 Å². The molecule has 4 heteroatoms. The number of nitrogens with zero attached hydrogens (tertiary/aromatic N) is 1. The molecule has 0 aliphatic carbocycles. The van der Waals surface area contributed by atoms with Crippen molar-refractivity contribution < 1.29 is 9.47 Å². The Labute approximate surface area is 116 Å². The van der Waals surface area contributed by atoms with Crippen molar-refractivity contribution in [2.24, 2.45) is 5.73 Å². The van der Waals surface area contributed by atoms with Gasteiger partial charge in [0, 0.05) is 12.1 Å². The summed E-state index contributed by atoms with van der Waals surface area (Å²) in [5.74, 6) is 1.69. The molecule has 0 radical (unpaired) electrons. The SMILES string of the molecule is CCCCN(C)C(CN)c1cc(OC)ccc1OC. The third kappa shape index (κ3) is 4.11. The first kappa shape index (κ1) is 15.8. The maximum Gasteiger partial charge on any atom is 0.123 e. The van der Waals surface area contributed by atoms with Crippen molar-refractivity contribution in [3.05, 3.63) is 23.8 Å². The molecule has 2 N–H and O–H groups in total. The van der Waals surface area contributed by atoms with Crippen LogP contribution in [0.5, 0.6) is 11.5 Å². The van der Waals surface area contributed by atoms with Gasteiger partial charge in [-0.25, -0.2) is 0 Å². The summed E-state index contributed by atoms with van der Waals surface area (Å²) in [6.45, 7) is 3.78. The zero-order valence-corrected chi connectivity index (χ0v) is 12.5. The number of rotatable bonds is 8. The van der Waals surface area contributed by atoms with Gasteiger partial charge in [0.25, 0.3) is 0 Å². The highest BCUT2D eigenvalue weighted by Crippen LogP contribution is 2.31. The average Bonchev–Trinajstić information content (AvgIpc) is 2.45. The van der Waals surface area contributed by atoms with Crippen LogP contribution in [0, 0.1) is 0 Å². The molecule has 0 saturated heterocycles. The summed E-state index contributed by atoms with van der Waals surface area (Å²) >= 11 is 0. The summed E-state index contributed by atoms with van der Waals surface area (Å²) < 4.78 is 10.7. The van der Waals surface area contributed by atoms with Crippen molar-refractivity contribution >= 4 is 0 Å². The molecule has 0 fully saturated rings. The third-order valence-electron chi connectivity index (χ3n) is 3.42. The molecule has 1 aromatic rings. The lowest BCUT2D eigenvalue weighted by Gasteiger charge is -2.28. The van der Waals surface area contributed by atoms with Gasteiger partial charge in [-0.1, -0.05) is 13.3 Å². The van der Waals surface area contributed by atoms with Crippen LogP contribution in [0.25, 0.3) is 0 Å². The molecular weight excluding hydrogens is 240 g/mol. The minimum atomic E-state index is 0.150. The number of likely N-dealkylation sites (N-methyl/N-ethyl adjacent to an activating group) is 1. The van der Waals surface area contributed by atoms with Gasteiger partial charge in [0.2, 0.25) is 0 Å². The van der Waals surface area contributed by atoms with Crippen LogP contribution in [0.2, 0.25) is 0 Å². The Bertz CT molecular complexity index is 382. The first-order valence-electron chi connectivity index (χ1n) is 6.80. The molecular formula is C15H26N2O2. The number of benzene rings is 1. The summed E-state index contributed by atoms with van der Waals surface area (Å²) in [7, 11) is 5.46. The van der Waals surface area contributed by atoms with Crippen LogP contribution in [0.15, 0.2) is 18.2 Å². The molecule has 0 aliphatic heterocycles. The quantitative estimate of drug-likeness (QED) is 0.785. The van der Waals surface area contributed by atoms with E-state index in [0.29, 0.717) is 6.54 Å². The molecule has 0 aromatic heterocycles. The molecule has 19 heavy (non-hydrogen) atoms. The largest absolute Gasteiger partial charge is 0.497 e. The second kappa shape index (κ2) is 8.02. The smallest absolute Gasteiger partial charge is 0.123 e. The van der Waals surface area contributed by atoms with Gasteiger partial charge < -0.3 is 15.2 Å². The van der Waals surface area contributed by atoms with E-state index in [1.807, 2.05) is 18.2 Å². The van der Waals surface area contributed by atoms with Crippen LogP contribution in [-0.4, -0.2) is 39.3 Å². The summed E-state index contributed by atoms with van der Waals surface area (Å²) in [5, 5.41) is 0. The Morgan fingerprint density at radius 1 is 1.26 bits per heavy atom. The van der Waals surface area contributed by atoms with Gasteiger partial charge in [-0.3, -0.25) is 4.90 Å². The first-order valence-corrected chi connectivity index (χ1v) is 6.80. The van der Waals surface area contributed by atoms with Crippen LogP contribution in [-0.2, 0) is 0 Å². The third-order valence-corrected chi connectivity index (χ3v) is 3.42. The minimum Gasteiger partial charge on any atom is -0.497 e. The molecule has 1 atom stereocenters. The second-order valence-corrected chi connectivity index (χ2v) is 4.69. The highest BCUT2D eigenvalue weighted by atomic mass is 16.5. The van der Waals surface area contributed by atoms with E-state index in [4.69, 9.17) is 15.2 Å². The van der Waals surface area contributed by atoms with Gasteiger partial charge in [0.15, 0.2) is 0 Å². The van der Waals surface area contributed by atoms with E-state index in [-0.39, 0.29) is 6.04 Å². The zero-order valence-electron chi connectivity index (χ0n) is 12.5. The van der Waals surface area contributed by atoms with Crippen molar-refractivity contribution in [2.45, 2.75) is 25.8 Å². The standard InChI is InChI=1S/C15H26N2O2/c1-5-6-9-17(2)14(11-16)13-10-12(18-3)7-8-15(13)19-4/h7-8,10,14H,5-6,9,11,16H2,1-4H3. The molecule has 0 spiro atoms. The Morgan fingerprint density at radius 2 is 2.00 bits per heavy atom. The number of methoxy groups -OCH3 is 2. The Morgan fingerprint density at radius 3 is 2.53 bits per heavy atom. The van der Waals surface area contributed by atoms with E-state index in [1.54, 1.807) is 14.2 Å².